The summed E-state index contributed by atoms with van der Waals surface area (Å²) < 4.78 is 31.6. The van der Waals surface area contributed by atoms with Crippen molar-refractivity contribution in [2.75, 3.05) is 6.54 Å². The van der Waals surface area contributed by atoms with Crippen molar-refractivity contribution in [3.8, 4) is 0 Å². The fraction of sp³-hybridized carbons (Fsp3) is 0.385. The molecular formula is C13H15F2N3O. The molecule has 0 amide bonds. The summed E-state index contributed by atoms with van der Waals surface area (Å²) >= 11 is 0. The lowest BCUT2D eigenvalue weighted by molar-refractivity contribution is 0.436. The Kier molecular flexibility index (Phi) is 4.57. The Labute approximate surface area is 109 Å². The van der Waals surface area contributed by atoms with Crippen LogP contribution < -0.4 is 5.32 Å². The fourth-order valence-corrected chi connectivity index (χ4v) is 1.63. The predicted octanol–water partition coefficient (Wildman–Crippen LogP) is 2.44. The number of halogens is 2. The van der Waals surface area contributed by atoms with E-state index in [4.69, 9.17) is 4.42 Å². The molecule has 6 heteroatoms. The second-order valence-electron chi connectivity index (χ2n) is 4.18. The van der Waals surface area contributed by atoms with Crippen LogP contribution in [0, 0.1) is 11.6 Å². The molecule has 102 valence electrons. The van der Waals surface area contributed by atoms with E-state index in [1.807, 2.05) is 0 Å². The first-order valence-corrected chi connectivity index (χ1v) is 6.15. The normalized spacial score (nSPS) is 10.9. The fourth-order valence-electron chi connectivity index (χ4n) is 1.63. The van der Waals surface area contributed by atoms with Crippen LogP contribution in [0.15, 0.2) is 22.6 Å². The average Bonchev–Trinajstić information content (AvgIpc) is 2.81. The predicted molar refractivity (Wildman–Crippen MR) is 65.5 cm³/mol. The summed E-state index contributed by atoms with van der Waals surface area (Å²) in [7, 11) is 0. The minimum Gasteiger partial charge on any atom is -0.424 e. The summed E-state index contributed by atoms with van der Waals surface area (Å²) in [5, 5.41) is 10.8. The van der Waals surface area contributed by atoms with Gasteiger partial charge in [-0.15, -0.1) is 10.2 Å². The summed E-state index contributed by atoms with van der Waals surface area (Å²) in [6, 6.07) is 3.43. The van der Waals surface area contributed by atoms with Gasteiger partial charge in [0.2, 0.25) is 11.8 Å². The number of hydrogen-bond donors (Lipinski definition) is 1. The highest BCUT2D eigenvalue weighted by molar-refractivity contribution is 5.21. The second kappa shape index (κ2) is 6.38. The first-order valence-electron chi connectivity index (χ1n) is 6.15. The number of benzene rings is 1. The molecule has 0 saturated carbocycles. The van der Waals surface area contributed by atoms with E-state index >= 15 is 0 Å². The molecule has 2 aromatic rings. The molecule has 0 aliphatic rings. The summed E-state index contributed by atoms with van der Waals surface area (Å²) in [5.74, 6) is -0.426. The van der Waals surface area contributed by atoms with Crippen molar-refractivity contribution >= 4 is 0 Å². The highest BCUT2D eigenvalue weighted by Gasteiger charge is 2.10. The maximum atomic E-state index is 13.4. The molecule has 0 saturated heterocycles. The van der Waals surface area contributed by atoms with Crippen molar-refractivity contribution in [3.63, 3.8) is 0 Å². The average molecular weight is 267 g/mol. The summed E-state index contributed by atoms with van der Waals surface area (Å²) in [4.78, 5) is 0. The van der Waals surface area contributed by atoms with Gasteiger partial charge in [0.1, 0.15) is 11.6 Å². The number of rotatable bonds is 6. The van der Waals surface area contributed by atoms with Crippen LogP contribution in [-0.2, 0) is 13.0 Å². The molecule has 1 heterocycles. The molecule has 19 heavy (non-hydrogen) atoms. The molecule has 1 aromatic carbocycles. The molecule has 0 atom stereocenters. The maximum absolute atomic E-state index is 13.4. The number of aromatic nitrogens is 2. The molecule has 0 spiro atoms. The summed E-state index contributed by atoms with van der Waals surface area (Å²) in [6.45, 7) is 3.42. The van der Waals surface area contributed by atoms with Crippen LogP contribution in [0.1, 0.15) is 30.7 Å². The van der Waals surface area contributed by atoms with Gasteiger partial charge < -0.3 is 9.73 Å². The molecule has 2 rings (SSSR count). The summed E-state index contributed by atoms with van der Waals surface area (Å²) in [6.07, 6.45) is 1.18. The molecule has 0 aliphatic carbocycles. The smallest absolute Gasteiger partial charge is 0.230 e. The number of nitrogens with zero attached hydrogens (tertiary/aromatic N) is 2. The van der Waals surface area contributed by atoms with Gasteiger partial charge in [0.15, 0.2) is 0 Å². The SMILES string of the molecule is CCCNCc1nnc(Cc2ccc(F)cc2F)o1. The van der Waals surface area contributed by atoms with Crippen LogP contribution in [0.25, 0.3) is 0 Å². The first-order chi connectivity index (χ1) is 9.19. The van der Waals surface area contributed by atoms with Crippen LogP contribution in [0.2, 0.25) is 0 Å². The Bertz CT molecular complexity index is 542. The topological polar surface area (TPSA) is 51.0 Å². The molecule has 0 bridgehead atoms. The largest absolute Gasteiger partial charge is 0.424 e. The molecule has 0 unspecified atom stereocenters. The van der Waals surface area contributed by atoms with Gasteiger partial charge in [-0.05, 0) is 24.6 Å². The second-order valence-corrected chi connectivity index (χ2v) is 4.18. The van der Waals surface area contributed by atoms with Gasteiger partial charge in [-0.1, -0.05) is 13.0 Å². The zero-order valence-corrected chi connectivity index (χ0v) is 10.6. The highest BCUT2D eigenvalue weighted by atomic mass is 19.1. The van der Waals surface area contributed by atoms with Gasteiger partial charge in [0.05, 0.1) is 13.0 Å². The third-order valence-corrected chi connectivity index (χ3v) is 2.57. The quantitative estimate of drug-likeness (QED) is 0.817. The van der Waals surface area contributed by atoms with Gasteiger partial charge in [-0.25, -0.2) is 8.78 Å². The lowest BCUT2D eigenvalue weighted by atomic mass is 10.1. The monoisotopic (exact) mass is 267 g/mol. The Morgan fingerprint density at radius 1 is 1.21 bits per heavy atom. The molecule has 4 nitrogen and oxygen atoms in total. The van der Waals surface area contributed by atoms with Crippen LogP contribution in [0.3, 0.4) is 0 Å². The minimum atomic E-state index is -0.608. The molecule has 0 aliphatic heterocycles. The van der Waals surface area contributed by atoms with Crippen molar-refractivity contribution in [2.45, 2.75) is 26.3 Å². The van der Waals surface area contributed by atoms with E-state index in [-0.39, 0.29) is 6.42 Å². The van der Waals surface area contributed by atoms with Crippen molar-refractivity contribution in [3.05, 3.63) is 47.2 Å². The van der Waals surface area contributed by atoms with Gasteiger partial charge in [0.25, 0.3) is 0 Å². The van der Waals surface area contributed by atoms with E-state index in [9.17, 15) is 8.78 Å². The number of nitrogens with one attached hydrogen (secondary N) is 1. The first kappa shape index (κ1) is 13.6. The maximum Gasteiger partial charge on any atom is 0.230 e. The zero-order valence-electron chi connectivity index (χ0n) is 10.6. The van der Waals surface area contributed by atoms with Gasteiger partial charge >= 0.3 is 0 Å². The van der Waals surface area contributed by atoms with Crippen LogP contribution >= 0.6 is 0 Å². The molecule has 0 fully saturated rings. The standard InChI is InChI=1S/C13H15F2N3O/c1-2-5-16-8-13-18-17-12(19-13)6-9-3-4-10(14)7-11(9)15/h3-4,7,16H,2,5-6,8H2,1H3. The lowest BCUT2D eigenvalue weighted by Gasteiger charge is -1.99. The zero-order chi connectivity index (χ0) is 13.7. The number of hydrogen-bond acceptors (Lipinski definition) is 4. The van der Waals surface area contributed by atoms with E-state index in [1.165, 1.54) is 12.1 Å². The third kappa shape index (κ3) is 3.82. The minimum absolute atomic E-state index is 0.160. The summed E-state index contributed by atoms with van der Waals surface area (Å²) in [5.41, 5.74) is 0.332. The van der Waals surface area contributed by atoms with Gasteiger partial charge in [-0.2, -0.15) is 0 Å². The van der Waals surface area contributed by atoms with Crippen LogP contribution in [0.4, 0.5) is 8.78 Å². The van der Waals surface area contributed by atoms with Crippen molar-refractivity contribution in [2.24, 2.45) is 0 Å². The van der Waals surface area contributed by atoms with E-state index in [1.54, 1.807) is 0 Å². The van der Waals surface area contributed by atoms with Gasteiger partial charge in [0, 0.05) is 6.07 Å². The van der Waals surface area contributed by atoms with Crippen molar-refractivity contribution in [1.82, 2.24) is 15.5 Å². The molecule has 1 N–H and O–H groups in total. The lowest BCUT2D eigenvalue weighted by Crippen LogP contribution is -2.13. The van der Waals surface area contributed by atoms with Crippen molar-refractivity contribution in [1.29, 1.82) is 0 Å². The van der Waals surface area contributed by atoms with E-state index in [0.29, 0.717) is 23.9 Å². The third-order valence-electron chi connectivity index (χ3n) is 2.57. The van der Waals surface area contributed by atoms with Crippen molar-refractivity contribution < 1.29 is 13.2 Å². The Morgan fingerprint density at radius 2 is 2.00 bits per heavy atom. The van der Waals surface area contributed by atoms with Gasteiger partial charge in [-0.3, -0.25) is 0 Å². The van der Waals surface area contributed by atoms with Crippen LogP contribution in [-0.4, -0.2) is 16.7 Å². The van der Waals surface area contributed by atoms with E-state index in [0.717, 1.165) is 19.0 Å². The van der Waals surface area contributed by atoms with E-state index in [2.05, 4.69) is 22.4 Å². The Hall–Kier alpha value is -1.82. The Morgan fingerprint density at radius 3 is 2.74 bits per heavy atom. The van der Waals surface area contributed by atoms with E-state index < -0.39 is 11.6 Å². The molecular weight excluding hydrogens is 252 g/mol. The molecule has 1 aromatic heterocycles. The molecule has 0 radical (unpaired) electrons. The van der Waals surface area contributed by atoms with Crippen LogP contribution in [0.5, 0.6) is 0 Å². The Balaban J connectivity index is 1.99. The highest BCUT2D eigenvalue weighted by Crippen LogP contribution is 2.14.